The molecule has 2 heteroatoms. The van der Waals surface area contributed by atoms with Gasteiger partial charge in [-0.1, -0.05) is 13.0 Å². The maximum absolute atomic E-state index is 3.74. The van der Waals surface area contributed by atoms with Gasteiger partial charge in [-0.3, -0.25) is 0 Å². The number of H-pyrrole nitrogens is 1. The second kappa shape index (κ2) is 3.36. The first-order chi connectivity index (χ1) is 8.35. The Kier molecular flexibility index (Phi) is 1.92. The van der Waals surface area contributed by atoms with E-state index in [-0.39, 0.29) is 0 Å². The van der Waals surface area contributed by atoms with Gasteiger partial charge in [0.05, 0.1) is 0 Å². The first kappa shape index (κ1) is 9.72. The van der Waals surface area contributed by atoms with Crippen molar-refractivity contribution < 1.29 is 0 Å². The van der Waals surface area contributed by atoms with Crippen LogP contribution in [0.4, 0.5) is 0 Å². The summed E-state index contributed by atoms with van der Waals surface area (Å²) in [7, 11) is 0. The van der Waals surface area contributed by atoms with Gasteiger partial charge in [-0.25, -0.2) is 0 Å². The second-order valence-corrected chi connectivity index (χ2v) is 5.45. The second-order valence-electron chi connectivity index (χ2n) is 5.45. The molecule has 2 atom stereocenters. The van der Waals surface area contributed by atoms with Gasteiger partial charge in [0.2, 0.25) is 0 Å². The van der Waals surface area contributed by atoms with Gasteiger partial charge in [-0.05, 0) is 42.5 Å². The summed E-state index contributed by atoms with van der Waals surface area (Å²) < 4.78 is 0. The lowest BCUT2D eigenvalue weighted by Gasteiger charge is -2.21. The van der Waals surface area contributed by atoms with Crippen LogP contribution in [0.3, 0.4) is 0 Å². The Balaban J connectivity index is 1.97. The van der Waals surface area contributed by atoms with Crippen LogP contribution >= 0.6 is 0 Å². The molecule has 88 valence electrons. The molecule has 2 unspecified atom stereocenters. The van der Waals surface area contributed by atoms with E-state index in [1.165, 1.54) is 41.4 Å². The minimum absolute atomic E-state index is 0.601. The molecule has 0 radical (unpaired) electrons. The lowest BCUT2D eigenvalue weighted by Crippen LogP contribution is -2.31. The maximum Gasteiger partial charge on any atom is 0.0459 e. The van der Waals surface area contributed by atoms with E-state index in [1.807, 2.05) is 0 Å². The van der Waals surface area contributed by atoms with E-state index in [1.54, 1.807) is 5.56 Å². The van der Waals surface area contributed by atoms with Crippen LogP contribution in [-0.2, 0) is 12.8 Å². The number of aryl methyl sites for hydroxylation is 1. The molecule has 0 saturated carbocycles. The minimum Gasteiger partial charge on any atom is -0.358 e. The van der Waals surface area contributed by atoms with Crippen LogP contribution in [0, 0.1) is 0 Å². The van der Waals surface area contributed by atoms with Gasteiger partial charge in [0.1, 0.15) is 0 Å². The summed E-state index contributed by atoms with van der Waals surface area (Å²) in [6, 6.07) is 8.19. The molecule has 3 heterocycles. The number of aromatic nitrogens is 1. The van der Waals surface area contributed by atoms with Crippen LogP contribution in [0.15, 0.2) is 18.2 Å². The lowest BCUT2D eigenvalue weighted by atomic mass is 9.98. The van der Waals surface area contributed by atoms with E-state index < -0.39 is 0 Å². The number of hydrogen-bond donors (Lipinski definition) is 2. The van der Waals surface area contributed by atoms with Crippen LogP contribution in [0.2, 0.25) is 0 Å². The molecule has 2 nitrogen and oxygen atoms in total. The normalized spacial score (nSPS) is 26.4. The van der Waals surface area contributed by atoms with Gasteiger partial charge in [-0.15, -0.1) is 0 Å². The molecule has 2 aliphatic heterocycles. The predicted octanol–water partition coefficient (Wildman–Crippen LogP) is 3.08. The SMILES string of the molecule is CCc1ccc2[nH]c3c(c2c1)C1CCC(C3)N1. The van der Waals surface area contributed by atoms with E-state index in [9.17, 15) is 0 Å². The first-order valence-corrected chi connectivity index (χ1v) is 6.74. The van der Waals surface area contributed by atoms with Crippen LogP contribution in [0.1, 0.15) is 42.6 Å². The molecule has 2 bridgehead atoms. The quantitative estimate of drug-likeness (QED) is 0.768. The highest BCUT2D eigenvalue weighted by atomic mass is 15.0. The predicted molar refractivity (Wildman–Crippen MR) is 70.3 cm³/mol. The monoisotopic (exact) mass is 226 g/mol. The zero-order valence-electron chi connectivity index (χ0n) is 10.2. The van der Waals surface area contributed by atoms with Gasteiger partial charge in [0.15, 0.2) is 0 Å². The third kappa shape index (κ3) is 1.31. The number of hydrogen-bond acceptors (Lipinski definition) is 1. The average molecular weight is 226 g/mol. The van der Waals surface area contributed by atoms with Crippen molar-refractivity contribution in [1.29, 1.82) is 0 Å². The Morgan fingerprint density at radius 2 is 2.24 bits per heavy atom. The fourth-order valence-corrected chi connectivity index (χ4v) is 3.55. The van der Waals surface area contributed by atoms with Crippen LogP contribution in [0.5, 0.6) is 0 Å². The summed E-state index contributed by atoms with van der Waals surface area (Å²) in [5, 5.41) is 5.20. The standard InChI is InChI=1S/C15H18N2/c1-2-9-3-5-12-11(7-9)15-13-6-4-10(16-13)8-14(15)17-12/h3,5,7,10,13,16-17H,2,4,6,8H2,1H3. The van der Waals surface area contributed by atoms with E-state index >= 15 is 0 Å². The van der Waals surface area contributed by atoms with E-state index in [4.69, 9.17) is 0 Å². The first-order valence-electron chi connectivity index (χ1n) is 6.74. The smallest absolute Gasteiger partial charge is 0.0459 e. The average Bonchev–Trinajstić information content (AvgIpc) is 2.90. The molecule has 2 aromatic rings. The van der Waals surface area contributed by atoms with Crippen molar-refractivity contribution in [1.82, 2.24) is 10.3 Å². The zero-order valence-corrected chi connectivity index (χ0v) is 10.2. The molecule has 1 fully saturated rings. The summed E-state index contributed by atoms with van der Waals surface area (Å²) in [6.07, 6.45) is 4.95. The Bertz CT molecular complexity index is 582. The molecular weight excluding hydrogens is 208 g/mol. The highest BCUT2D eigenvalue weighted by Crippen LogP contribution is 2.40. The third-order valence-electron chi connectivity index (χ3n) is 4.43. The molecule has 0 spiro atoms. The summed E-state index contributed by atoms with van der Waals surface area (Å²) in [5.41, 5.74) is 5.81. The summed E-state index contributed by atoms with van der Waals surface area (Å²) >= 11 is 0. The van der Waals surface area contributed by atoms with E-state index in [0.29, 0.717) is 12.1 Å². The van der Waals surface area contributed by atoms with Crippen molar-refractivity contribution in [3.05, 3.63) is 35.0 Å². The number of rotatable bonds is 1. The van der Waals surface area contributed by atoms with Crippen LogP contribution < -0.4 is 5.32 Å². The molecule has 1 aromatic carbocycles. The molecule has 1 aromatic heterocycles. The topological polar surface area (TPSA) is 27.8 Å². The largest absolute Gasteiger partial charge is 0.358 e. The van der Waals surface area contributed by atoms with Crippen molar-refractivity contribution in [2.75, 3.05) is 0 Å². The van der Waals surface area contributed by atoms with Gasteiger partial charge < -0.3 is 10.3 Å². The number of aromatic amines is 1. The van der Waals surface area contributed by atoms with Gasteiger partial charge >= 0.3 is 0 Å². The molecule has 0 aliphatic carbocycles. The molecule has 17 heavy (non-hydrogen) atoms. The molecule has 2 N–H and O–H groups in total. The zero-order chi connectivity index (χ0) is 11.4. The lowest BCUT2D eigenvalue weighted by molar-refractivity contribution is 0.513. The minimum atomic E-state index is 0.601. The Labute approximate surface area is 101 Å². The van der Waals surface area contributed by atoms with Crippen molar-refractivity contribution in [3.8, 4) is 0 Å². The van der Waals surface area contributed by atoms with Crippen LogP contribution in [-0.4, -0.2) is 11.0 Å². The maximum atomic E-state index is 3.74. The van der Waals surface area contributed by atoms with Gasteiger partial charge in [0.25, 0.3) is 0 Å². The van der Waals surface area contributed by atoms with Crippen molar-refractivity contribution in [2.45, 2.75) is 44.7 Å². The highest BCUT2D eigenvalue weighted by molar-refractivity contribution is 5.86. The fourth-order valence-electron chi connectivity index (χ4n) is 3.55. The third-order valence-corrected chi connectivity index (χ3v) is 4.43. The highest BCUT2D eigenvalue weighted by Gasteiger charge is 2.34. The summed E-state index contributed by atoms with van der Waals surface area (Å²) in [4.78, 5) is 3.63. The molecule has 2 aliphatic rings. The molecule has 4 rings (SSSR count). The number of benzene rings is 1. The Hall–Kier alpha value is -1.28. The van der Waals surface area contributed by atoms with Crippen LogP contribution in [0.25, 0.3) is 10.9 Å². The number of fused-ring (bicyclic) bond motifs is 6. The number of nitrogens with one attached hydrogen (secondary N) is 2. The summed E-state index contributed by atoms with van der Waals surface area (Å²) in [5.74, 6) is 0. The van der Waals surface area contributed by atoms with Gasteiger partial charge in [0, 0.05) is 35.1 Å². The fraction of sp³-hybridized carbons (Fsp3) is 0.467. The Morgan fingerprint density at radius 3 is 3.12 bits per heavy atom. The van der Waals surface area contributed by atoms with Crippen molar-refractivity contribution >= 4 is 10.9 Å². The molecular formula is C15H18N2. The van der Waals surface area contributed by atoms with Crippen molar-refractivity contribution in [3.63, 3.8) is 0 Å². The van der Waals surface area contributed by atoms with Crippen molar-refractivity contribution in [2.24, 2.45) is 0 Å². The van der Waals surface area contributed by atoms with Gasteiger partial charge in [-0.2, -0.15) is 0 Å². The molecule has 1 saturated heterocycles. The Morgan fingerprint density at radius 1 is 1.29 bits per heavy atom. The van der Waals surface area contributed by atoms with E-state index in [0.717, 1.165) is 6.42 Å². The molecule has 0 amide bonds. The van der Waals surface area contributed by atoms with E-state index in [2.05, 4.69) is 35.4 Å². The summed E-state index contributed by atoms with van der Waals surface area (Å²) in [6.45, 7) is 2.23.